The topological polar surface area (TPSA) is 70.8 Å². The molecular weight excluding hydrogens is 322 g/mol. The second-order valence-electron chi connectivity index (χ2n) is 5.36. The van der Waals surface area contributed by atoms with E-state index in [1.165, 1.54) is 0 Å². The van der Waals surface area contributed by atoms with Gasteiger partial charge < -0.3 is 18.6 Å². The van der Waals surface area contributed by atoms with E-state index in [1.807, 2.05) is 48.5 Å². The highest BCUT2D eigenvalue weighted by Gasteiger charge is 2.09. The fraction of sp³-hybridized carbons (Fsp3) is 0.263. The number of methoxy groups -OCH3 is 1. The van der Waals surface area contributed by atoms with E-state index in [0.717, 1.165) is 17.0 Å². The van der Waals surface area contributed by atoms with Gasteiger partial charge in [-0.3, -0.25) is 4.79 Å². The summed E-state index contributed by atoms with van der Waals surface area (Å²) in [5.41, 5.74) is 1.43. The van der Waals surface area contributed by atoms with E-state index >= 15 is 0 Å². The van der Waals surface area contributed by atoms with E-state index in [4.69, 9.17) is 18.6 Å². The highest BCUT2D eigenvalue weighted by molar-refractivity contribution is 5.72. The molecule has 1 aromatic heterocycles. The number of esters is 1. The zero-order chi connectivity index (χ0) is 17.5. The summed E-state index contributed by atoms with van der Waals surface area (Å²) in [6.07, 6.45) is 0.842. The largest absolute Gasteiger partial charge is 0.497 e. The van der Waals surface area contributed by atoms with Crippen LogP contribution in [0.1, 0.15) is 18.7 Å². The molecular formula is C19H19NO5. The molecule has 0 aliphatic rings. The van der Waals surface area contributed by atoms with E-state index in [-0.39, 0.29) is 19.0 Å². The highest BCUT2D eigenvalue weighted by atomic mass is 16.5. The number of para-hydroxylation sites is 2. The first-order valence-electron chi connectivity index (χ1n) is 8.01. The minimum Gasteiger partial charge on any atom is -0.497 e. The molecule has 0 N–H and O–H groups in total. The van der Waals surface area contributed by atoms with Crippen LogP contribution in [0.2, 0.25) is 0 Å². The second-order valence-corrected chi connectivity index (χ2v) is 5.36. The van der Waals surface area contributed by atoms with Gasteiger partial charge in [0.1, 0.15) is 17.0 Å². The summed E-state index contributed by atoms with van der Waals surface area (Å²) in [5.74, 6) is 1.60. The number of ether oxygens (including phenoxy) is 3. The molecule has 0 atom stereocenters. The van der Waals surface area contributed by atoms with Gasteiger partial charge in [0, 0.05) is 6.42 Å². The quantitative estimate of drug-likeness (QED) is 0.459. The summed E-state index contributed by atoms with van der Waals surface area (Å²) in [6.45, 7) is 0.469. The summed E-state index contributed by atoms with van der Waals surface area (Å²) in [7, 11) is 1.61. The van der Waals surface area contributed by atoms with Crippen LogP contribution in [0.5, 0.6) is 11.5 Å². The van der Waals surface area contributed by atoms with Crippen molar-refractivity contribution in [3.05, 3.63) is 54.4 Å². The number of rotatable bonds is 8. The van der Waals surface area contributed by atoms with Crippen LogP contribution in [0.3, 0.4) is 0 Å². The van der Waals surface area contributed by atoms with Crippen molar-refractivity contribution in [2.24, 2.45) is 0 Å². The molecule has 0 spiro atoms. The first kappa shape index (κ1) is 16.8. The number of aromatic nitrogens is 1. The van der Waals surface area contributed by atoms with Crippen molar-refractivity contribution < 1.29 is 23.4 Å². The second kappa shape index (κ2) is 8.19. The lowest BCUT2D eigenvalue weighted by atomic mass is 10.3. The normalized spacial score (nSPS) is 10.6. The number of fused-ring (bicyclic) bond motifs is 1. The van der Waals surface area contributed by atoms with Crippen LogP contribution in [-0.2, 0) is 16.1 Å². The Morgan fingerprint density at radius 1 is 1.08 bits per heavy atom. The van der Waals surface area contributed by atoms with Crippen molar-refractivity contribution >= 4 is 17.1 Å². The summed E-state index contributed by atoms with van der Waals surface area (Å²) in [5, 5.41) is 0. The number of carbonyl (C=O) groups excluding carboxylic acids is 1. The molecule has 6 heteroatoms. The van der Waals surface area contributed by atoms with Gasteiger partial charge in [0.05, 0.1) is 13.7 Å². The van der Waals surface area contributed by atoms with Crippen molar-refractivity contribution in [2.75, 3.05) is 13.7 Å². The summed E-state index contributed by atoms with van der Waals surface area (Å²) in [6, 6.07) is 14.7. The summed E-state index contributed by atoms with van der Waals surface area (Å²) in [4.78, 5) is 16.0. The monoisotopic (exact) mass is 341 g/mol. The lowest BCUT2D eigenvalue weighted by Gasteiger charge is -2.07. The van der Waals surface area contributed by atoms with Crippen LogP contribution >= 0.6 is 0 Å². The highest BCUT2D eigenvalue weighted by Crippen LogP contribution is 2.17. The molecule has 0 saturated carbocycles. The maximum Gasteiger partial charge on any atom is 0.306 e. The Morgan fingerprint density at radius 3 is 2.60 bits per heavy atom. The average molecular weight is 341 g/mol. The molecule has 1 heterocycles. The fourth-order valence-electron chi connectivity index (χ4n) is 2.27. The van der Waals surface area contributed by atoms with E-state index in [9.17, 15) is 4.79 Å². The van der Waals surface area contributed by atoms with Crippen molar-refractivity contribution in [1.29, 1.82) is 0 Å². The van der Waals surface area contributed by atoms with Crippen LogP contribution in [0, 0.1) is 0 Å². The van der Waals surface area contributed by atoms with Gasteiger partial charge in [-0.15, -0.1) is 0 Å². The molecule has 3 aromatic rings. The van der Waals surface area contributed by atoms with Crippen LogP contribution in [-0.4, -0.2) is 24.7 Å². The van der Waals surface area contributed by atoms with Crippen molar-refractivity contribution in [3.63, 3.8) is 0 Å². The van der Waals surface area contributed by atoms with Crippen LogP contribution in [0.4, 0.5) is 0 Å². The lowest BCUT2D eigenvalue weighted by Crippen LogP contribution is -2.07. The van der Waals surface area contributed by atoms with E-state index in [2.05, 4.69) is 4.98 Å². The molecule has 25 heavy (non-hydrogen) atoms. The maximum absolute atomic E-state index is 11.8. The van der Waals surface area contributed by atoms with Crippen LogP contribution in [0.25, 0.3) is 11.1 Å². The molecule has 2 aromatic carbocycles. The van der Waals surface area contributed by atoms with Gasteiger partial charge >= 0.3 is 5.97 Å². The Hall–Kier alpha value is -3.02. The number of benzene rings is 2. The number of oxazole rings is 1. The predicted molar refractivity (Wildman–Crippen MR) is 91.5 cm³/mol. The predicted octanol–water partition coefficient (Wildman–Crippen LogP) is 3.74. The molecule has 6 nitrogen and oxygen atoms in total. The minimum atomic E-state index is -0.305. The van der Waals surface area contributed by atoms with Crippen molar-refractivity contribution in [1.82, 2.24) is 4.98 Å². The number of hydrogen-bond donors (Lipinski definition) is 0. The molecule has 130 valence electrons. The molecule has 0 amide bonds. The average Bonchev–Trinajstić information content (AvgIpc) is 3.07. The first-order chi connectivity index (χ1) is 12.2. The SMILES string of the molecule is COc1ccc(OCCCC(=O)OCc2nc3ccccc3o2)cc1. The lowest BCUT2D eigenvalue weighted by molar-refractivity contribution is -0.145. The summed E-state index contributed by atoms with van der Waals surface area (Å²) < 4.78 is 21.3. The zero-order valence-electron chi connectivity index (χ0n) is 13.9. The van der Waals surface area contributed by atoms with Crippen LogP contribution < -0.4 is 9.47 Å². The van der Waals surface area contributed by atoms with Gasteiger partial charge in [-0.2, -0.15) is 0 Å². The molecule has 0 unspecified atom stereocenters. The smallest absolute Gasteiger partial charge is 0.306 e. The molecule has 0 fully saturated rings. The summed E-state index contributed by atoms with van der Waals surface area (Å²) >= 11 is 0. The molecule has 0 radical (unpaired) electrons. The van der Waals surface area contributed by atoms with Crippen molar-refractivity contribution in [3.8, 4) is 11.5 Å². The van der Waals surface area contributed by atoms with E-state index in [1.54, 1.807) is 7.11 Å². The fourth-order valence-corrected chi connectivity index (χ4v) is 2.27. The van der Waals surface area contributed by atoms with Crippen molar-refractivity contribution in [2.45, 2.75) is 19.4 Å². The standard InChI is InChI=1S/C19H19NO5/c1-22-14-8-10-15(11-9-14)23-12-4-7-19(21)24-13-18-20-16-5-2-3-6-17(16)25-18/h2-3,5-6,8-11H,4,7,12-13H2,1H3. The maximum atomic E-state index is 11.8. The van der Waals surface area contributed by atoms with Gasteiger partial charge in [0.15, 0.2) is 12.2 Å². The van der Waals surface area contributed by atoms with Gasteiger partial charge in [0.2, 0.25) is 5.89 Å². The minimum absolute atomic E-state index is 0.0346. The van der Waals surface area contributed by atoms with Gasteiger partial charge in [-0.05, 0) is 42.8 Å². The zero-order valence-corrected chi connectivity index (χ0v) is 13.9. The van der Waals surface area contributed by atoms with Gasteiger partial charge in [-0.1, -0.05) is 12.1 Å². The molecule has 0 bridgehead atoms. The molecule has 0 saturated heterocycles. The number of carbonyl (C=O) groups is 1. The van der Waals surface area contributed by atoms with E-state index in [0.29, 0.717) is 24.5 Å². The van der Waals surface area contributed by atoms with Gasteiger partial charge in [-0.25, -0.2) is 4.98 Å². The molecule has 0 aliphatic carbocycles. The number of nitrogens with zero attached hydrogens (tertiary/aromatic N) is 1. The Kier molecular flexibility index (Phi) is 5.51. The first-order valence-corrected chi connectivity index (χ1v) is 8.01. The molecule has 3 rings (SSSR count). The Morgan fingerprint density at radius 2 is 1.84 bits per heavy atom. The van der Waals surface area contributed by atoms with Gasteiger partial charge in [0.25, 0.3) is 0 Å². The Bertz CT molecular complexity index is 792. The molecule has 0 aliphatic heterocycles. The Labute approximate surface area is 145 Å². The Balaban J connectivity index is 1.36. The number of hydrogen-bond acceptors (Lipinski definition) is 6. The third-order valence-corrected chi connectivity index (χ3v) is 3.55. The van der Waals surface area contributed by atoms with E-state index < -0.39 is 0 Å². The van der Waals surface area contributed by atoms with Crippen LogP contribution in [0.15, 0.2) is 52.9 Å². The third kappa shape index (κ3) is 4.73. The third-order valence-electron chi connectivity index (χ3n) is 3.55.